The molecule has 0 fully saturated rings. The fourth-order valence-electron chi connectivity index (χ4n) is 0.784. The molecule has 0 aliphatic rings. The molecule has 0 saturated carbocycles. The Hall–Kier alpha value is 0.230. The van der Waals surface area contributed by atoms with Crippen molar-refractivity contribution in [1.29, 1.82) is 0 Å². The molecule has 0 bridgehead atoms. The maximum Gasteiger partial charge on any atom is 0.224 e. The van der Waals surface area contributed by atoms with E-state index in [9.17, 15) is 0 Å². The van der Waals surface area contributed by atoms with Gasteiger partial charge in [0.05, 0.1) is 11.6 Å². The number of halogens is 2. The lowest BCUT2D eigenvalue weighted by Crippen LogP contribution is -1.94. The summed E-state index contributed by atoms with van der Waals surface area (Å²) in [7, 11) is 0. The summed E-state index contributed by atoms with van der Waals surface area (Å²) in [5.74, 6) is 0. The van der Waals surface area contributed by atoms with E-state index in [0.29, 0.717) is 16.0 Å². The first kappa shape index (κ1) is 12.3. The average molecular weight is 312 g/mol. The Balaban J connectivity index is 2.68. The second-order valence-corrected chi connectivity index (χ2v) is 5.30. The predicted octanol–water partition coefficient (Wildman–Crippen LogP) is 4.52. The highest BCUT2D eigenvalue weighted by molar-refractivity contribution is 9.10. The van der Waals surface area contributed by atoms with Crippen LogP contribution in [0, 0.1) is 0 Å². The zero-order valence-electron chi connectivity index (χ0n) is 7.42. The van der Waals surface area contributed by atoms with Crippen molar-refractivity contribution in [3.63, 3.8) is 0 Å². The molecule has 1 nitrogen and oxygen atoms in total. The fraction of sp³-hybridized carbons (Fsp3) is 0.222. The number of benzene rings is 1. The Bertz CT molecular complexity index is 344. The van der Waals surface area contributed by atoms with Gasteiger partial charge >= 0.3 is 0 Å². The molecule has 0 aliphatic heterocycles. The number of ether oxygens (including phenoxy) is 1. The molecule has 0 heterocycles. The maximum atomic E-state index is 5.93. The summed E-state index contributed by atoms with van der Waals surface area (Å²) in [6, 6.07) is 5.67. The van der Waals surface area contributed by atoms with Crippen molar-refractivity contribution in [2.45, 2.75) is 11.8 Å². The van der Waals surface area contributed by atoms with Crippen LogP contribution in [-0.4, -0.2) is 11.0 Å². The molecule has 0 spiro atoms. The molecule has 0 radical (unpaired) electrons. The lowest BCUT2D eigenvalue weighted by atomic mass is 10.4. The Morgan fingerprint density at radius 3 is 2.93 bits per heavy atom. The van der Waals surface area contributed by atoms with Crippen LogP contribution in [-0.2, 0) is 4.74 Å². The Labute approximate surface area is 106 Å². The topological polar surface area (TPSA) is 9.23 Å². The first-order valence-corrected chi connectivity index (χ1v) is 6.32. The molecule has 1 aromatic carbocycles. The van der Waals surface area contributed by atoms with Crippen molar-refractivity contribution in [1.82, 2.24) is 0 Å². The summed E-state index contributed by atoms with van der Waals surface area (Å²) in [5, 5.41) is 0.675. The van der Waals surface area contributed by atoms with Crippen LogP contribution in [0.3, 0.4) is 0 Å². The minimum atomic E-state index is 0.519. The lowest BCUT2D eigenvalue weighted by molar-refractivity contribution is 0.346. The van der Waals surface area contributed by atoms with Crippen LogP contribution in [0.25, 0.3) is 0 Å². The lowest BCUT2D eigenvalue weighted by Gasteiger charge is -2.04. The van der Waals surface area contributed by atoms with Gasteiger partial charge in [0, 0.05) is 9.37 Å². The second kappa shape index (κ2) is 5.95. The van der Waals surface area contributed by atoms with Gasteiger partial charge in [-0.05, 0) is 65.0 Å². The third-order valence-corrected chi connectivity index (χ3v) is 3.73. The van der Waals surface area contributed by atoms with Gasteiger partial charge < -0.3 is 4.74 Å². The zero-order chi connectivity index (χ0) is 10.6. The molecule has 14 heavy (non-hydrogen) atoms. The maximum absolute atomic E-state index is 5.93. The van der Waals surface area contributed by atoms with E-state index < -0.39 is 0 Å². The molecule has 0 atom stereocenters. The monoisotopic (exact) mass is 310 g/mol. The smallest absolute Gasteiger partial charge is 0.224 e. The molecule has 76 valence electrons. The van der Waals surface area contributed by atoms with Gasteiger partial charge in [0.2, 0.25) is 4.38 Å². The summed E-state index contributed by atoms with van der Waals surface area (Å²) in [6.07, 6.45) is 0. The van der Waals surface area contributed by atoms with Crippen molar-refractivity contribution < 1.29 is 4.74 Å². The third kappa shape index (κ3) is 3.77. The van der Waals surface area contributed by atoms with Crippen LogP contribution in [0.4, 0.5) is 0 Å². The van der Waals surface area contributed by atoms with E-state index in [1.165, 1.54) is 11.8 Å². The molecule has 0 aliphatic carbocycles. The van der Waals surface area contributed by atoms with Crippen molar-refractivity contribution >= 4 is 55.9 Å². The summed E-state index contributed by atoms with van der Waals surface area (Å²) in [6.45, 7) is 2.50. The van der Waals surface area contributed by atoms with Crippen molar-refractivity contribution in [3.8, 4) is 0 Å². The summed E-state index contributed by atoms with van der Waals surface area (Å²) >= 11 is 15.6. The second-order valence-electron chi connectivity index (χ2n) is 2.36. The van der Waals surface area contributed by atoms with Gasteiger partial charge in [-0.3, -0.25) is 0 Å². The van der Waals surface area contributed by atoms with E-state index >= 15 is 0 Å². The summed E-state index contributed by atoms with van der Waals surface area (Å²) in [4.78, 5) is 0.983. The highest BCUT2D eigenvalue weighted by Crippen LogP contribution is 2.29. The fourth-order valence-corrected chi connectivity index (χ4v) is 2.36. The first-order valence-electron chi connectivity index (χ1n) is 3.93. The molecule has 0 amide bonds. The molecule has 1 rings (SSSR count). The zero-order valence-corrected chi connectivity index (χ0v) is 11.4. The number of thiocarbonyl (C=S) groups is 1. The number of hydrogen-bond acceptors (Lipinski definition) is 3. The van der Waals surface area contributed by atoms with Crippen molar-refractivity contribution in [2.75, 3.05) is 6.61 Å². The third-order valence-electron chi connectivity index (χ3n) is 1.35. The predicted molar refractivity (Wildman–Crippen MR) is 69.2 cm³/mol. The Kier molecular flexibility index (Phi) is 5.23. The van der Waals surface area contributed by atoms with Crippen molar-refractivity contribution in [3.05, 3.63) is 27.7 Å². The quantitative estimate of drug-likeness (QED) is 0.587. The minimum absolute atomic E-state index is 0.519. The molecule has 0 saturated heterocycles. The Morgan fingerprint density at radius 2 is 2.36 bits per heavy atom. The van der Waals surface area contributed by atoms with Gasteiger partial charge in [-0.15, -0.1) is 0 Å². The van der Waals surface area contributed by atoms with E-state index in [2.05, 4.69) is 15.9 Å². The van der Waals surface area contributed by atoms with Crippen LogP contribution >= 0.6 is 51.5 Å². The molecule has 0 unspecified atom stereocenters. The number of rotatable bonds is 2. The number of thioether (sulfide) groups is 1. The van der Waals surface area contributed by atoms with Crippen LogP contribution in [0.15, 0.2) is 27.6 Å². The van der Waals surface area contributed by atoms with E-state index in [1.807, 2.05) is 25.1 Å². The van der Waals surface area contributed by atoms with Crippen molar-refractivity contribution in [2.24, 2.45) is 0 Å². The highest BCUT2D eigenvalue weighted by Gasteiger charge is 2.03. The van der Waals surface area contributed by atoms with Crippen LogP contribution in [0.5, 0.6) is 0 Å². The highest BCUT2D eigenvalue weighted by atomic mass is 79.9. The molecule has 1 aromatic rings. The molecule has 0 N–H and O–H groups in total. The van der Waals surface area contributed by atoms with E-state index in [4.69, 9.17) is 28.6 Å². The molecule has 0 aromatic heterocycles. The first-order chi connectivity index (χ1) is 6.63. The SMILES string of the molecule is CCOC(=S)Sc1ccc(Br)c(Cl)c1. The molecular weight excluding hydrogens is 304 g/mol. The minimum Gasteiger partial charge on any atom is -0.479 e. The largest absolute Gasteiger partial charge is 0.479 e. The Morgan fingerprint density at radius 1 is 1.64 bits per heavy atom. The average Bonchev–Trinajstić information content (AvgIpc) is 2.12. The standard InChI is InChI=1S/C9H8BrClOS2/c1-2-12-9(13)14-6-3-4-7(10)8(11)5-6/h3-5H,2H2,1H3. The van der Waals surface area contributed by atoms with Gasteiger partial charge in [0.15, 0.2) is 0 Å². The molecular formula is C9H8BrClOS2. The van der Waals surface area contributed by atoms with Crippen LogP contribution in [0.1, 0.15) is 6.92 Å². The van der Waals surface area contributed by atoms with Crippen LogP contribution in [0.2, 0.25) is 5.02 Å². The van der Waals surface area contributed by atoms with E-state index in [-0.39, 0.29) is 0 Å². The van der Waals surface area contributed by atoms with Crippen LogP contribution < -0.4 is 0 Å². The molecule has 5 heteroatoms. The number of hydrogen-bond donors (Lipinski definition) is 0. The van der Waals surface area contributed by atoms with Gasteiger partial charge in [-0.2, -0.15) is 0 Å². The summed E-state index contributed by atoms with van der Waals surface area (Å²) in [5.41, 5.74) is 0. The van der Waals surface area contributed by atoms with Gasteiger partial charge in [-0.25, -0.2) is 0 Å². The van der Waals surface area contributed by atoms with Gasteiger partial charge in [0.25, 0.3) is 0 Å². The van der Waals surface area contributed by atoms with Gasteiger partial charge in [-0.1, -0.05) is 11.6 Å². The van der Waals surface area contributed by atoms with Gasteiger partial charge in [0.1, 0.15) is 0 Å². The van der Waals surface area contributed by atoms with E-state index in [0.717, 1.165) is 9.37 Å². The summed E-state index contributed by atoms with van der Waals surface area (Å²) < 4.78 is 6.56. The normalized spacial score (nSPS) is 9.93. The van der Waals surface area contributed by atoms with E-state index in [1.54, 1.807) is 0 Å².